The third-order valence-corrected chi connectivity index (χ3v) is 3.94. The molecule has 1 nitrogen and oxygen atoms in total. The number of rotatable bonds is 5. The molecule has 1 aromatic rings. The van der Waals surface area contributed by atoms with Gasteiger partial charge in [-0.3, -0.25) is 0 Å². The summed E-state index contributed by atoms with van der Waals surface area (Å²) >= 11 is 0. The van der Waals surface area contributed by atoms with Crippen molar-refractivity contribution in [3.8, 4) is 0 Å². The molecule has 2 rings (SSSR count). The molecule has 0 spiro atoms. The molecule has 0 saturated heterocycles. The summed E-state index contributed by atoms with van der Waals surface area (Å²) in [6, 6.07) is 10.7. The molecule has 1 heteroatoms. The second kappa shape index (κ2) is 6.94. The van der Waals surface area contributed by atoms with Crippen LogP contribution in [-0.4, -0.2) is 12.2 Å². The molecule has 18 heavy (non-hydrogen) atoms. The Morgan fingerprint density at radius 3 is 2.33 bits per heavy atom. The molecule has 1 aliphatic rings. The summed E-state index contributed by atoms with van der Waals surface area (Å²) in [7, 11) is 0. The van der Waals surface area contributed by atoms with Crippen LogP contribution in [0.1, 0.15) is 51.5 Å². The van der Waals surface area contributed by atoms with Crippen molar-refractivity contribution in [1.29, 1.82) is 0 Å². The Hall–Kier alpha value is -0.820. The molecule has 0 amide bonds. The Kier molecular flexibility index (Phi) is 5.25. The predicted molar refractivity (Wildman–Crippen MR) is 76.7 cm³/mol. The average molecular weight is 246 g/mol. The average Bonchev–Trinajstić information content (AvgIpc) is 2.40. The summed E-state index contributed by atoms with van der Waals surface area (Å²) in [5, 5.41) is 0. The summed E-state index contributed by atoms with van der Waals surface area (Å²) in [5.74, 6) is 0.590. The van der Waals surface area contributed by atoms with Crippen molar-refractivity contribution < 1.29 is 4.74 Å². The Bertz CT molecular complexity index is 325. The molecule has 1 fully saturated rings. The number of ether oxygens (including phenoxy) is 1. The van der Waals surface area contributed by atoms with Gasteiger partial charge in [-0.25, -0.2) is 0 Å². The summed E-state index contributed by atoms with van der Waals surface area (Å²) in [6.45, 7) is 4.55. The zero-order valence-electron chi connectivity index (χ0n) is 11.8. The highest BCUT2D eigenvalue weighted by molar-refractivity contribution is 5.15. The van der Waals surface area contributed by atoms with E-state index in [4.69, 9.17) is 4.74 Å². The van der Waals surface area contributed by atoms with E-state index >= 15 is 0 Å². The smallest absolute Gasteiger partial charge is 0.0642 e. The van der Waals surface area contributed by atoms with Crippen LogP contribution in [0.25, 0.3) is 0 Å². The highest BCUT2D eigenvalue weighted by Crippen LogP contribution is 2.24. The molecular formula is C17H26O. The first-order chi connectivity index (χ1) is 8.75. The molecule has 0 N–H and O–H groups in total. The molecule has 1 aromatic carbocycles. The quantitative estimate of drug-likeness (QED) is 0.737. The second-order valence-corrected chi connectivity index (χ2v) is 5.87. The Balaban J connectivity index is 1.91. The van der Waals surface area contributed by atoms with Crippen molar-refractivity contribution in [1.82, 2.24) is 0 Å². The van der Waals surface area contributed by atoms with E-state index in [2.05, 4.69) is 44.2 Å². The molecule has 0 radical (unpaired) electrons. The van der Waals surface area contributed by atoms with Crippen molar-refractivity contribution in [3.05, 3.63) is 35.9 Å². The lowest BCUT2D eigenvalue weighted by atomic mass is 9.95. The SMILES string of the molecule is CC(C)C(Cc1ccccc1)OC1CCCCC1. The Labute approximate surface area is 112 Å². The van der Waals surface area contributed by atoms with Gasteiger partial charge in [-0.15, -0.1) is 0 Å². The molecular weight excluding hydrogens is 220 g/mol. The third-order valence-electron chi connectivity index (χ3n) is 3.94. The molecule has 1 saturated carbocycles. The molecule has 100 valence electrons. The first kappa shape index (κ1) is 13.6. The van der Waals surface area contributed by atoms with E-state index < -0.39 is 0 Å². The minimum Gasteiger partial charge on any atom is -0.374 e. The first-order valence-electron chi connectivity index (χ1n) is 7.45. The van der Waals surface area contributed by atoms with Gasteiger partial charge >= 0.3 is 0 Å². The van der Waals surface area contributed by atoms with Gasteiger partial charge < -0.3 is 4.74 Å². The van der Waals surface area contributed by atoms with Gasteiger partial charge in [0, 0.05) is 0 Å². The molecule has 0 aromatic heterocycles. The van der Waals surface area contributed by atoms with E-state index in [9.17, 15) is 0 Å². The fourth-order valence-corrected chi connectivity index (χ4v) is 2.74. The molecule has 1 aliphatic carbocycles. The van der Waals surface area contributed by atoms with Crippen molar-refractivity contribution in [2.75, 3.05) is 0 Å². The standard InChI is InChI=1S/C17H26O/c1-14(2)17(13-15-9-5-3-6-10-15)18-16-11-7-4-8-12-16/h3,5-6,9-10,14,16-17H,4,7-8,11-13H2,1-2H3. The summed E-state index contributed by atoms with van der Waals surface area (Å²) in [6.07, 6.45) is 8.54. The van der Waals surface area contributed by atoms with Gasteiger partial charge in [-0.1, -0.05) is 63.4 Å². The van der Waals surface area contributed by atoms with Crippen LogP contribution in [0.2, 0.25) is 0 Å². The van der Waals surface area contributed by atoms with Crippen LogP contribution < -0.4 is 0 Å². The predicted octanol–water partition coefficient (Wildman–Crippen LogP) is 4.60. The van der Waals surface area contributed by atoms with Crippen molar-refractivity contribution in [3.63, 3.8) is 0 Å². The van der Waals surface area contributed by atoms with Crippen molar-refractivity contribution >= 4 is 0 Å². The van der Waals surface area contributed by atoms with Gasteiger partial charge in [0.05, 0.1) is 12.2 Å². The van der Waals surface area contributed by atoms with Crippen LogP contribution in [0.4, 0.5) is 0 Å². The maximum atomic E-state index is 6.36. The Morgan fingerprint density at radius 1 is 1.06 bits per heavy atom. The van der Waals surface area contributed by atoms with Gasteiger partial charge in [0.2, 0.25) is 0 Å². The van der Waals surface area contributed by atoms with E-state index in [-0.39, 0.29) is 0 Å². The van der Waals surface area contributed by atoms with E-state index in [1.54, 1.807) is 0 Å². The van der Waals surface area contributed by atoms with Crippen LogP contribution in [-0.2, 0) is 11.2 Å². The number of benzene rings is 1. The lowest BCUT2D eigenvalue weighted by molar-refractivity contribution is -0.0501. The number of hydrogen-bond acceptors (Lipinski definition) is 1. The normalized spacial score (nSPS) is 19.1. The van der Waals surface area contributed by atoms with Crippen LogP contribution >= 0.6 is 0 Å². The van der Waals surface area contributed by atoms with Gasteiger partial charge in [0.15, 0.2) is 0 Å². The summed E-state index contributed by atoms with van der Waals surface area (Å²) in [5.41, 5.74) is 1.40. The van der Waals surface area contributed by atoms with Gasteiger partial charge in [-0.05, 0) is 30.7 Å². The van der Waals surface area contributed by atoms with Gasteiger partial charge in [0.25, 0.3) is 0 Å². The fraction of sp³-hybridized carbons (Fsp3) is 0.647. The lowest BCUT2D eigenvalue weighted by Gasteiger charge is -2.30. The second-order valence-electron chi connectivity index (χ2n) is 5.87. The summed E-state index contributed by atoms with van der Waals surface area (Å²) in [4.78, 5) is 0. The molecule has 1 atom stereocenters. The molecule has 0 bridgehead atoms. The molecule has 0 aliphatic heterocycles. The molecule has 0 heterocycles. The van der Waals surface area contributed by atoms with Crippen LogP contribution in [0, 0.1) is 5.92 Å². The van der Waals surface area contributed by atoms with E-state index in [1.807, 2.05) is 0 Å². The zero-order valence-corrected chi connectivity index (χ0v) is 11.8. The lowest BCUT2D eigenvalue weighted by Crippen LogP contribution is -2.29. The van der Waals surface area contributed by atoms with Crippen molar-refractivity contribution in [2.24, 2.45) is 5.92 Å². The van der Waals surface area contributed by atoms with E-state index in [0.717, 1.165) is 6.42 Å². The molecule has 1 unspecified atom stereocenters. The van der Waals surface area contributed by atoms with Crippen LogP contribution in [0.3, 0.4) is 0 Å². The zero-order chi connectivity index (χ0) is 12.8. The topological polar surface area (TPSA) is 9.23 Å². The van der Waals surface area contributed by atoms with Crippen molar-refractivity contribution in [2.45, 2.75) is 64.6 Å². The minimum absolute atomic E-state index is 0.371. The highest BCUT2D eigenvalue weighted by atomic mass is 16.5. The van der Waals surface area contributed by atoms with E-state index in [0.29, 0.717) is 18.1 Å². The first-order valence-corrected chi connectivity index (χ1v) is 7.45. The van der Waals surface area contributed by atoms with Crippen LogP contribution in [0.5, 0.6) is 0 Å². The minimum atomic E-state index is 0.371. The summed E-state index contributed by atoms with van der Waals surface area (Å²) < 4.78 is 6.36. The van der Waals surface area contributed by atoms with E-state index in [1.165, 1.54) is 37.7 Å². The fourth-order valence-electron chi connectivity index (χ4n) is 2.74. The highest BCUT2D eigenvalue weighted by Gasteiger charge is 2.21. The van der Waals surface area contributed by atoms with Gasteiger partial charge in [-0.2, -0.15) is 0 Å². The Morgan fingerprint density at radius 2 is 1.72 bits per heavy atom. The third kappa shape index (κ3) is 4.13. The monoisotopic (exact) mass is 246 g/mol. The maximum Gasteiger partial charge on any atom is 0.0642 e. The largest absolute Gasteiger partial charge is 0.374 e. The van der Waals surface area contributed by atoms with Crippen LogP contribution in [0.15, 0.2) is 30.3 Å². The maximum absolute atomic E-state index is 6.36. The van der Waals surface area contributed by atoms with Gasteiger partial charge in [0.1, 0.15) is 0 Å². The number of hydrogen-bond donors (Lipinski definition) is 0.